The van der Waals surface area contributed by atoms with Crippen LogP contribution in [0.3, 0.4) is 0 Å². The maximum absolute atomic E-state index is 13.3. The molecular weight excluding hydrogens is 470 g/mol. The molecule has 0 saturated carbocycles. The molecule has 35 heavy (non-hydrogen) atoms. The van der Waals surface area contributed by atoms with Crippen molar-refractivity contribution in [3.05, 3.63) is 78.8 Å². The van der Waals surface area contributed by atoms with Crippen LogP contribution in [0, 0.1) is 0 Å². The van der Waals surface area contributed by atoms with Crippen molar-refractivity contribution in [1.29, 1.82) is 0 Å². The Morgan fingerprint density at radius 1 is 1.00 bits per heavy atom. The Morgan fingerprint density at radius 2 is 1.71 bits per heavy atom. The third-order valence-electron chi connectivity index (χ3n) is 5.18. The van der Waals surface area contributed by atoms with Crippen molar-refractivity contribution in [3.8, 4) is 5.75 Å². The third-order valence-corrected chi connectivity index (χ3v) is 6.60. The molecule has 2 N–H and O–H groups in total. The molecule has 2 amide bonds. The van der Waals surface area contributed by atoms with Gasteiger partial charge in [0.1, 0.15) is 17.6 Å². The predicted octanol–water partition coefficient (Wildman–Crippen LogP) is 3.08. The summed E-state index contributed by atoms with van der Waals surface area (Å²) >= 11 is 0. The number of hydrogen-bond acceptors (Lipinski definition) is 6. The summed E-state index contributed by atoms with van der Waals surface area (Å²) in [5.74, 6) is 0.220. The number of ether oxygens (including phenoxy) is 1. The number of rotatable bonds is 12. The van der Waals surface area contributed by atoms with Crippen LogP contribution < -0.4 is 19.7 Å². The van der Waals surface area contributed by atoms with Crippen LogP contribution in [-0.2, 0) is 26.2 Å². The van der Waals surface area contributed by atoms with Crippen LogP contribution in [0.5, 0.6) is 5.75 Å². The molecule has 3 rings (SSSR count). The van der Waals surface area contributed by atoms with Crippen LogP contribution in [0.2, 0.25) is 0 Å². The quantitative estimate of drug-likeness (QED) is 0.395. The highest BCUT2D eigenvalue weighted by molar-refractivity contribution is 7.89. The maximum Gasteiger partial charge on any atom is 0.243 e. The highest BCUT2D eigenvalue weighted by atomic mass is 32.2. The van der Waals surface area contributed by atoms with Gasteiger partial charge in [-0.1, -0.05) is 25.1 Å². The minimum absolute atomic E-state index is 0.0450. The van der Waals surface area contributed by atoms with Gasteiger partial charge >= 0.3 is 0 Å². The van der Waals surface area contributed by atoms with Crippen molar-refractivity contribution in [2.24, 2.45) is 0 Å². The Labute approximate surface area is 205 Å². The van der Waals surface area contributed by atoms with Crippen LogP contribution in [0.4, 0.5) is 5.69 Å². The molecule has 0 saturated heterocycles. The maximum atomic E-state index is 13.3. The lowest BCUT2D eigenvalue weighted by Crippen LogP contribution is -2.52. The SMILES string of the molecule is CCOc1ccc(N(C(=O)CNS(=O)(=O)c2ccccc2)[C@@H](CC)C(=O)NCc2ccco2)cc1. The highest BCUT2D eigenvalue weighted by Gasteiger charge is 2.30. The van der Waals surface area contributed by atoms with Gasteiger partial charge in [0.25, 0.3) is 0 Å². The van der Waals surface area contributed by atoms with Crippen LogP contribution in [-0.4, -0.2) is 39.4 Å². The van der Waals surface area contributed by atoms with E-state index < -0.39 is 34.4 Å². The zero-order valence-electron chi connectivity index (χ0n) is 19.6. The zero-order chi connectivity index (χ0) is 25.3. The van der Waals surface area contributed by atoms with Gasteiger partial charge in [0, 0.05) is 5.69 Å². The molecular formula is C25H29N3O6S. The van der Waals surface area contributed by atoms with Gasteiger partial charge in [0.15, 0.2) is 0 Å². The molecule has 0 fully saturated rings. The van der Waals surface area contributed by atoms with Gasteiger partial charge in [0.2, 0.25) is 21.8 Å². The van der Waals surface area contributed by atoms with E-state index in [9.17, 15) is 18.0 Å². The van der Waals surface area contributed by atoms with Crippen molar-refractivity contribution >= 4 is 27.5 Å². The Kier molecular flexibility index (Phi) is 9.04. The van der Waals surface area contributed by atoms with E-state index in [1.54, 1.807) is 61.5 Å². The van der Waals surface area contributed by atoms with Gasteiger partial charge in [-0.3, -0.25) is 14.5 Å². The fourth-order valence-corrected chi connectivity index (χ4v) is 4.48. The Balaban J connectivity index is 1.83. The summed E-state index contributed by atoms with van der Waals surface area (Å²) in [4.78, 5) is 27.8. The molecule has 10 heteroatoms. The average molecular weight is 500 g/mol. The number of hydrogen-bond donors (Lipinski definition) is 2. The van der Waals surface area contributed by atoms with Gasteiger partial charge in [-0.2, -0.15) is 0 Å². The molecule has 0 unspecified atom stereocenters. The van der Waals surface area contributed by atoms with Crippen molar-refractivity contribution in [2.75, 3.05) is 18.1 Å². The van der Waals surface area contributed by atoms with Crippen molar-refractivity contribution in [1.82, 2.24) is 10.0 Å². The summed E-state index contributed by atoms with van der Waals surface area (Å²) in [5, 5.41) is 2.78. The first kappa shape index (κ1) is 26.0. The van der Waals surface area contributed by atoms with Crippen molar-refractivity contribution in [3.63, 3.8) is 0 Å². The first-order valence-corrected chi connectivity index (χ1v) is 12.7. The molecule has 1 aromatic heterocycles. The van der Waals surface area contributed by atoms with Crippen molar-refractivity contribution < 1.29 is 27.2 Å². The largest absolute Gasteiger partial charge is 0.494 e. The van der Waals surface area contributed by atoms with Crippen molar-refractivity contribution in [2.45, 2.75) is 37.8 Å². The van der Waals surface area contributed by atoms with Crippen LogP contribution in [0.25, 0.3) is 0 Å². The van der Waals surface area contributed by atoms with Gasteiger partial charge < -0.3 is 14.5 Å². The second kappa shape index (κ2) is 12.2. The second-order valence-electron chi connectivity index (χ2n) is 7.55. The number of nitrogens with zero attached hydrogens (tertiary/aromatic N) is 1. The number of furan rings is 1. The lowest BCUT2D eigenvalue weighted by Gasteiger charge is -2.30. The molecule has 0 aliphatic heterocycles. The van der Waals surface area contributed by atoms with Gasteiger partial charge in [-0.15, -0.1) is 0 Å². The number of carbonyl (C=O) groups excluding carboxylic acids is 2. The van der Waals surface area contributed by atoms with Crippen LogP contribution in [0.1, 0.15) is 26.0 Å². The average Bonchev–Trinajstić information content (AvgIpc) is 3.39. The molecule has 0 spiro atoms. The number of carbonyl (C=O) groups is 2. The summed E-state index contributed by atoms with van der Waals surface area (Å²) in [6.45, 7) is 3.76. The summed E-state index contributed by atoms with van der Waals surface area (Å²) in [6.07, 6.45) is 1.81. The van der Waals surface area contributed by atoms with E-state index in [4.69, 9.17) is 9.15 Å². The molecule has 1 heterocycles. The lowest BCUT2D eigenvalue weighted by atomic mass is 10.1. The molecule has 0 radical (unpaired) electrons. The van der Waals surface area contributed by atoms with Gasteiger partial charge in [-0.05, 0) is 61.9 Å². The fourth-order valence-electron chi connectivity index (χ4n) is 3.48. The van der Waals surface area contributed by atoms with Gasteiger partial charge in [0.05, 0.1) is 30.9 Å². The summed E-state index contributed by atoms with van der Waals surface area (Å²) in [7, 11) is -3.91. The predicted molar refractivity (Wildman–Crippen MR) is 131 cm³/mol. The van der Waals surface area contributed by atoms with Gasteiger partial charge in [-0.25, -0.2) is 13.1 Å². The van der Waals surface area contributed by atoms with E-state index in [0.717, 1.165) is 0 Å². The first-order chi connectivity index (χ1) is 16.9. The number of anilines is 1. The minimum Gasteiger partial charge on any atom is -0.494 e. The normalized spacial score (nSPS) is 12.1. The topological polar surface area (TPSA) is 118 Å². The van der Waals surface area contributed by atoms with E-state index in [0.29, 0.717) is 30.2 Å². The summed E-state index contributed by atoms with van der Waals surface area (Å²) < 4.78 is 38.3. The van der Waals surface area contributed by atoms with E-state index in [1.807, 2.05) is 6.92 Å². The number of nitrogens with one attached hydrogen (secondary N) is 2. The molecule has 2 aromatic carbocycles. The Morgan fingerprint density at radius 3 is 2.31 bits per heavy atom. The highest BCUT2D eigenvalue weighted by Crippen LogP contribution is 2.23. The number of benzene rings is 2. The molecule has 0 bridgehead atoms. The molecule has 1 atom stereocenters. The second-order valence-corrected chi connectivity index (χ2v) is 9.32. The molecule has 3 aromatic rings. The Hall–Kier alpha value is -3.63. The summed E-state index contributed by atoms with van der Waals surface area (Å²) in [6, 6.07) is 17.1. The minimum atomic E-state index is -3.91. The monoisotopic (exact) mass is 499 g/mol. The lowest BCUT2D eigenvalue weighted by molar-refractivity contribution is -0.126. The third kappa shape index (κ3) is 6.93. The van der Waals surface area contributed by atoms with Crippen LogP contribution in [0.15, 0.2) is 82.3 Å². The number of sulfonamides is 1. The van der Waals surface area contributed by atoms with E-state index >= 15 is 0 Å². The Bertz CT molecular complexity index is 1200. The fraction of sp³-hybridized carbons (Fsp3) is 0.280. The van der Waals surface area contributed by atoms with Crippen LogP contribution >= 0.6 is 0 Å². The standard InChI is InChI=1S/C25H29N3O6S/c1-3-23(25(30)26-17-21-9-8-16-34-21)28(19-12-14-20(15-13-19)33-4-2)24(29)18-27-35(31,32)22-10-6-5-7-11-22/h5-16,23,27H,3-4,17-18H2,1-2H3,(H,26,30)/t23-/m0/s1. The van der Waals surface area contributed by atoms with E-state index in [-0.39, 0.29) is 11.4 Å². The zero-order valence-corrected chi connectivity index (χ0v) is 20.5. The van der Waals surface area contributed by atoms with E-state index in [1.165, 1.54) is 23.3 Å². The number of amides is 2. The molecule has 186 valence electrons. The smallest absolute Gasteiger partial charge is 0.243 e. The molecule has 9 nitrogen and oxygen atoms in total. The first-order valence-electron chi connectivity index (χ1n) is 11.3. The summed E-state index contributed by atoms with van der Waals surface area (Å²) in [5.41, 5.74) is 0.442. The molecule has 0 aliphatic carbocycles. The molecule has 0 aliphatic rings. The van der Waals surface area contributed by atoms with E-state index in [2.05, 4.69) is 10.0 Å².